The molecule has 0 aliphatic heterocycles. The third-order valence-electron chi connectivity index (χ3n) is 2.98. The van der Waals surface area contributed by atoms with E-state index in [0.717, 1.165) is 30.5 Å². The van der Waals surface area contributed by atoms with E-state index < -0.39 is 10.8 Å². The Morgan fingerprint density at radius 1 is 1.30 bits per heavy atom. The van der Waals surface area contributed by atoms with E-state index in [1.54, 1.807) is 0 Å². The third-order valence-corrected chi connectivity index (χ3v) is 4.38. The van der Waals surface area contributed by atoms with Crippen molar-refractivity contribution in [2.45, 2.75) is 39.2 Å². The van der Waals surface area contributed by atoms with E-state index in [4.69, 9.17) is 5.73 Å². The lowest BCUT2D eigenvalue weighted by Crippen LogP contribution is -2.16. The maximum absolute atomic E-state index is 11.8. The molecular weight excluding hydrogens is 272 g/mol. The minimum Gasteiger partial charge on any atom is -0.326 e. The second kappa shape index (κ2) is 9.66. The van der Waals surface area contributed by atoms with Crippen LogP contribution in [0.25, 0.3) is 0 Å². The Morgan fingerprint density at radius 3 is 2.80 bits per heavy atom. The molecule has 4 nitrogen and oxygen atoms in total. The Hall–Kier alpha value is -1.20. The van der Waals surface area contributed by atoms with Crippen LogP contribution in [-0.4, -0.2) is 21.6 Å². The number of carbonyl (C=O) groups is 1. The van der Waals surface area contributed by atoms with Crippen LogP contribution in [0.15, 0.2) is 24.3 Å². The van der Waals surface area contributed by atoms with Gasteiger partial charge in [0.1, 0.15) is 0 Å². The van der Waals surface area contributed by atoms with Crippen molar-refractivity contribution >= 4 is 22.4 Å². The van der Waals surface area contributed by atoms with Crippen LogP contribution >= 0.6 is 0 Å². The number of nitrogens with one attached hydrogen (secondary N) is 1. The van der Waals surface area contributed by atoms with E-state index in [1.807, 2.05) is 24.3 Å². The summed E-state index contributed by atoms with van der Waals surface area (Å²) in [4.78, 5) is 11.8. The van der Waals surface area contributed by atoms with Gasteiger partial charge in [-0.3, -0.25) is 9.00 Å². The van der Waals surface area contributed by atoms with Gasteiger partial charge in [0.15, 0.2) is 0 Å². The first-order valence-corrected chi connectivity index (χ1v) is 8.58. The zero-order valence-corrected chi connectivity index (χ0v) is 12.9. The highest BCUT2D eigenvalue weighted by Crippen LogP contribution is 2.10. The first-order chi connectivity index (χ1) is 9.65. The predicted octanol–water partition coefficient (Wildman–Crippen LogP) is 2.41. The highest BCUT2D eigenvalue weighted by Gasteiger charge is 2.06. The number of hydrogen-bond acceptors (Lipinski definition) is 3. The molecule has 0 aliphatic rings. The van der Waals surface area contributed by atoms with Crippen molar-refractivity contribution < 1.29 is 9.00 Å². The molecule has 1 amide bonds. The van der Waals surface area contributed by atoms with Crippen LogP contribution in [0, 0.1) is 0 Å². The first-order valence-electron chi connectivity index (χ1n) is 7.09. The highest BCUT2D eigenvalue weighted by molar-refractivity contribution is 7.84. The Morgan fingerprint density at radius 2 is 2.10 bits per heavy atom. The van der Waals surface area contributed by atoms with Gasteiger partial charge in [-0.05, 0) is 24.1 Å². The van der Waals surface area contributed by atoms with Crippen molar-refractivity contribution in [2.24, 2.45) is 5.73 Å². The smallest absolute Gasteiger partial charge is 0.225 e. The van der Waals surface area contributed by atoms with Gasteiger partial charge >= 0.3 is 0 Å². The van der Waals surface area contributed by atoms with Gasteiger partial charge in [0, 0.05) is 41.0 Å². The molecule has 0 saturated heterocycles. The van der Waals surface area contributed by atoms with Crippen LogP contribution in [0.4, 0.5) is 5.69 Å². The summed E-state index contributed by atoms with van der Waals surface area (Å²) in [5, 5.41) is 2.81. The Bertz CT molecular complexity index is 449. The molecule has 0 saturated carbocycles. The lowest BCUT2D eigenvalue weighted by atomic mass is 10.2. The highest BCUT2D eigenvalue weighted by atomic mass is 32.2. The normalized spacial score (nSPS) is 12.1. The number of rotatable bonds is 9. The Labute approximate surface area is 123 Å². The fraction of sp³-hybridized carbons (Fsp3) is 0.533. The van der Waals surface area contributed by atoms with E-state index in [9.17, 15) is 9.00 Å². The largest absolute Gasteiger partial charge is 0.326 e. The van der Waals surface area contributed by atoms with E-state index in [0.29, 0.717) is 24.5 Å². The molecule has 20 heavy (non-hydrogen) atoms. The SMILES string of the molecule is CCCCCS(=O)CCC(=O)Nc1cccc(CN)c1. The average Bonchev–Trinajstić information content (AvgIpc) is 2.45. The summed E-state index contributed by atoms with van der Waals surface area (Å²) in [6.45, 7) is 2.57. The number of amides is 1. The number of anilines is 1. The summed E-state index contributed by atoms with van der Waals surface area (Å²) in [6, 6.07) is 7.46. The van der Waals surface area contributed by atoms with Crippen LogP contribution in [0.2, 0.25) is 0 Å². The van der Waals surface area contributed by atoms with Crippen LogP contribution in [0.3, 0.4) is 0 Å². The zero-order valence-electron chi connectivity index (χ0n) is 12.1. The molecule has 112 valence electrons. The molecule has 0 fully saturated rings. The van der Waals surface area contributed by atoms with Gasteiger partial charge in [0.2, 0.25) is 5.91 Å². The van der Waals surface area contributed by atoms with Crippen molar-refractivity contribution in [2.75, 3.05) is 16.8 Å². The van der Waals surface area contributed by atoms with Crippen molar-refractivity contribution in [3.05, 3.63) is 29.8 Å². The Kier molecular flexibility index (Phi) is 8.14. The summed E-state index contributed by atoms with van der Waals surface area (Å²) < 4.78 is 11.7. The van der Waals surface area contributed by atoms with Gasteiger partial charge in [-0.15, -0.1) is 0 Å². The molecule has 0 aromatic heterocycles. The molecule has 1 aromatic rings. The van der Waals surface area contributed by atoms with Crippen LogP contribution in [0.1, 0.15) is 38.2 Å². The standard InChI is InChI=1S/C15H24N2O2S/c1-2-3-4-9-20(19)10-8-15(18)17-14-7-5-6-13(11-14)12-16/h5-7,11H,2-4,8-10,12,16H2,1H3,(H,17,18). The molecule has 0 spiro atoms. The van der Waals surface area contributed by atoms with Gasteiger partial charge in [-0.1, -0.05) is 31.9 Å². The summed E-state index contributed by atoms with van der Waals surface area (Å²) in [5.74, 6) is 1.04. The molecule has 0 heterocycles. The van der Waals surface area contributed by atoms with E-state index in [-0.39, 0.29) is 5.91 Å². The van der Waals surface area contributed by atoms with E-state index in [2.05, 4.69) is 12.2 Å². The second-order valence-electron chi connectivity index (χ2n) is 4.76. The predicted molar refractivity (Wildman–Crippen MR) is 85.0 cm³/mol. The summed E-state index contributed by atoms with van der Waals surface area (Å²) in [7, 11) is -0.887. The maximum Gasteiger partial charge on any atom is 0.225 e. The van der Waals surface area contributed by atoms with Crippen molar-refractivity contribution in [1.29, 1.82) is 0 Å². The number of nitrogens with two attached hydrogens (primary N) is 1. The quantitative estimate of drug-likeness (QED) is 0.687. The van der Waals surface area contributed by atoms with Gasteiger partial charge < -0.3 is 11.1 Å². The lowest BCUT2D eigenvalue weighted by molar-refractivity contribution is -0.115. The van der Waals surface area contributed by atoms with E-state index in [1.165, 1.54) is 0 Å². The van der Waals surface area contributed by atoms with E-state index >= 15 is 0 Å². The van der Waals surface area contributed by atoms with Crippen LogP contribution < -0.4 is 11.1 Å². The molecule has 3 N–H and O–H groups in total. The minimum atomic E-state index is -0.887. The van der Waals surface area contributed by atoms with Crippen LogP contribution in [-0.2, 0) is 22.1 Å². The molecule has 0 radical (unpaired) electrons. The third kappa shape index (κ3) is 6.82. The summed E-state index contributed by atoms with van der Waals surface area (Å²) >= 11 is 0. The maximum atomic E-state index is 11.8. The zero-order chi connectivity index (χ0) is 14.8. The topological polar surface area (TPSA) is 72.2 Å². The van der Waals surface area contributed by atoms with Gasteiger partial charge in [-0.25, -0.2) is 0 Å². The first kappa shape index (κ1) is 16.9. The van der Waals surface area contributed by atoms with Gasteiger partial charge in [-0.2, -0.15) is 0 Å². The fourth-order valence-electron chi connectivity index (χ4n) is 1.82. The molecule has 1 unspecified atom stereocenters. The number of carbonyl (C=O) groups excluding carboxylic acids is 1. The fourth-order valence-corrected chi connectivity index (χ4v) is 2.96. The molecule has 0 bridgehead atoms. The minimum absolute atomic E-state index is 0.0944. The van der Waals surface area contributed by atoms with Crippen molar-refractivity contribution in [3.63, 3.8) is 0 Å². The molecule has 0 aliphatic carbocycles. The molecule has 1 atom stereocenters. The van der Waals surface area contributed by atoms with Crippen molar-refractivity contribution in [1.82, 2.24) is 0 Å². The number of hydrogen-bond donors (Lipinski definition) is 2. The molecule has 1 aromatic carbocycles. The summed E-state index contributed by atoms with van der Waals surface area (Å²) in [5.41, 5.74) is 7.28. The van der Waals surface area contributed by atoms with Crippen molar-refractivity contribution in [3.8, 4) is 0 Å². The monoisotopic (exact) mass is 296 g/mol. The van der Waals surface area contributed by atoms with Gasteiger partial charge in [0.05, 0.1) is 0 Å². The number of benzene rings is 1. The summed E-state index contributed by atoms with van der Waals surface area (Å²) in [6.07, 6.45) is 3.49. The average molecular weight is 296 g/mol. The van der Waals surface area contributed by atoms with Crippen LogP contribution in [0.5, 0.6) is 0 Å². The lowest BCUT2D eigenvalue weighted by Gasteiger charge is -2.06. The molecule has 5 heteroatoms. The molecule has 1 rings (SSSR count). The second-order valence-corrected chi connectivity index (χ2v) is 6.45. The van der Waals surface area contributed by atoms with Gasteiger partial charge in [0.25, 0.3) is 0 Å². The Balaban J connectivity index is 2.30. The molecular formula is C15H24N2O2S. The number of unbranched alkanes of at least 4 members (excludes halogenated alkanes) is 2.